The smallest absolute Gasteiger partial charge is 0.344 e. The van der Waals surface area contributed by atoms with Crippen LogP contribution in [0, 0.1) is 0 Å². The fourth-order valence-corrected chi connectivity index (χ4v) is 2.94. The Kier molecular flexibility index (Phi) is 3.64. The number of nitrogens with zero attached hydrogens (tertiary/aromatic N) is 2. The lowest BCUT2D eigenvalue weighted by atomic mass is 10.1. The minimum atomic E-state index is -4.46. The lowest BCUT2D eigenvalue weighted by Crippen LogP contribution is -2.18. The normalized spacial score (nSPS) is 11.8. The largest absolute Gasteiger partial charge is 0.416 e. The summed E-state index contributed by atoms with van der Waals surface area (Å²) in [7, 11) is 0. The third-order valence-corrected chi connectivity index (χ3v) is 4.11. The van der Waals surface area contributed by atoms with Gasteiger partial charge in [-0.3, -0.25) is 9.36 Å². The molecule has 0 saturated heterocycles. The maximum atomic E-state index is 13.1. The Morgan fingerprint density at radius 1 is 1.00 bits per heavy atom. The summed E-state index contributed by atoms with van der Waals surface area (Å²) < 4.78 is 40.6. The zero-order valence-corrected chi connectivity index (χ0v) is 13.3. The van der Waals surface area contributed by atoms with Gasteiger partial charge < -0.3 is 4.98 Å². The van der Waals surface area contributed by atoms with Gasteiger partial charge in [0.15, 0.2) is 0 Å². The van der Waals surface area contributed by atoms with Crippen LogP contribution >= 0.6 is 0 Å². The molecule has 3 aromatic heterocycles. The zero-order chi connectivity index (χ0) is 18.3. The average Bonchev–Trinajstić information content (AvgIpc) is 3.05. The Balaban J connectivity index is 1.98. The van der Waals surface area contributed by atoms with E-state index in [0.717, 1.165) is 12.1 Å². The van der Waals surface area contributed by atoms with E-state index in [1.807, 2.05) is 0 Å². The van der Waals surface area contributed by atoms with E-state index in [-0.39, 0.29) is 5.56 Å². The third-order valence-electron chi connectivity index (χ3n) is 4.11. The summed E-state index contributed by atoms with van der Waals surface area (Å²) >= 11 is 0. The van der Waals surface area contributed by atoms with Crippen LogP contribution in [0.15, 0.2) is 71.8 Å². The molecule has 0 aliphatic rings. The summed E-state index contributed by atoms with van der Waals surface area (Å²) in [6.07, 6.45) is -1.22. The van der Waals surface area contributed by atoms with E-state index >= 15 is 0 Å². The summed E-state index contributed by atoms with van der Waals surface area (Å²) in [4.78, 5) is 19.7. The van der Waals surface area contributed by atoms with Gasteiger partial charge in [0.25, 0.3) is 5.56 Å². The number of hydrogen-bond acceptors (Lipinski definition) is 2. The number of fused-ring (bicyclic) bond motifs is 1. The topological polar surface area (TPSA) is 50.7 Å². The van der Waals surface area contributed by atoms with E-state index in [0.29, 0.717) is 28.0 Å². The summed E-state index contributed by atoms with van der Waals surface area (Å²) in [6, 6.07) is 13.0. The van der Waals surface area contributed by atoms with Gasteiger partial charge >= 0.3 is 6.18 Å². The van der Waals surface area contributed by atoms with Crippen LogP contribution in [0.5, 0.6) is 0 Å². The molecule has 0 atom stereocenters. The minimum absolute atomic E-state index is 0.302. The number of aromatic amines is 1. The molecule has 7 heteroatoms. The molecule has 0 aliphatic heterocycles. The maximum absolute atomic E-state index is 13.1. The summed E-state index contributed by atoms with van der Waals surface area (Å²) in [6.45, 7) is 0. The number of halogens is 3. The minimum Gasteiger partial charge on any atom is -0.344 e. The first-order valence-electron chi connectivity index (χ1n) is 7.77. The fourth-order valence-electron chi connectivity index (χ4n) is 2.94. The highest BCUT2D eigenvalue weighted by atomic mass is 19.4. The molecule has 0 fully saturated rings. The molecule has 1 aromatic carbocycles. The van der Waals surface area contributed by atoms with E-state index in [4.69, 9.17) is 0 Å². The Labute approximate surface area is 145 Å². The second-order valence-corrected chi connectivity index (χ2v) is 5.74. The first-order chi connectivity index (χ1) is 12.4. The van der Waals surface area contributed by atoms with Crippen molar-refractivity contribution >= 4 is 11.0 Å². The highest BCUT2D eigenvalue weighted by molar-refractivity contribution is 5.86. The number of benzene rings is 1. The molecular weight excluding hydrogens is 343 g/mol. The number of aromatic nitrogens is 3. The molecule has 0 unspecified atom stereocenters. The highest BCUT2D eigenvalue weighted by Gasteiger charge is 2.30. The van der Waals surface area contributed by atoms with Crippen LogP contribution in [0.4, 0.5) is 13.2 Å². The SMILES string of the molecule is O=c1cccc(-c2cccc(C(F)(F)F)c2)n1-c1c[nH]c2ncccc12. The van der Waals surface area contributed by atoms with Gasteiger partial charge in [0.2, 0.25) is 0 Å². The van der Waals surface area contributed by atoms with Crippen LogP contribution in [0.2, 0.25) is 0 Å². The summed E-state index contributed by atoms with van der Waals surface area (Å²) in [5.41, 5.74) is 0.687. The Hall–Kier alpha value is -3.35. The molecular formula is C19H12F3N3O. The standard InChI is InChI=1S/C19H12F3N3O/c20-19(21,22)13-5-1-4-12(10-13)15-7-2-8-17(26)25(15)16-11-24-18-14(16)6-3-9-23-18/h1-11H,(H,23,24). The fraction of sp³-hybridized carbons (Fsp3) is 0.0526. The lowest BCUT2D eigenvalue weighted by molar-refractivity contribution is -0.137. The first kappa shape index (κ1) is 16.1. The molecule has 0 amide bonds. The Morgan fingerprint density at radius 2 is 1.81 bits per heavy atom. The number of nitrogens with one attached hydrogen (secondary N) is 1. The van der Waals surface area contributed by atoms with Crippen LogP contribution < -0.4 is 5.56 Å². The van der Waals surface area contributed by atoms with Crippen molar-refractivity contribution in [3.63, 3.8) is 0 Å². The van der Waals surface area contributed by atoms with Crippen molar-refractivity contribution in [3.05, 3.63) is 82.9 Å². The molecule has 26 heavy (non-hydrogen) atoms. The van der Waals surface area contributed by atoms with Gasteiger partial charge in [-0.2, -0.15) is 13.2 Å². The Morgan fingerprint density at radius 3 is 2.62 bits per heavy atom. The zero-order valence-electron chi connectivity index (χ0n) is 13.3. The van der Waals surface area contributed by atoms with Crippen molar-refractivity contribution in [2.45, 2.75) is 6.18 Å². The van der Waals surface area contributed by atoms with Crippen LogP contribution in [0.25, 0.3) is 28.0 Å². The number of hydrogen-bond donors (Lipinski definition) is 1. The molecule has 4 rings (SSSR count). The second-order valence-electron chi connectivity index (χ2n) is 5.74. The van der Waals surface area contributed by atoms with Gasteiger partial charge in [-0.25, -0.2) is 4.98 Å². The van der Waals surface area contributed by atoms with Gasteiger partial charge in [-0.1, -0.05) is 18.2 Å². The average molecular weight is 355 g/mol. The maximum Gasteiger partial charge on any atom is 0.416 e. The van der Waals surface area contributed by atoms with Gasteiger partial charge in [-0.15, -0.1) is 0 Å². The number of alkyl halides is 3. The van der Waals surface area contributed by atoms with Gasteiger partial charge in [0, 0.05) is 23.8 Å². The van der Waals surface area contributed by atoms with Crippen molar-refractivity contribution < 1.29 is 13.2 Å². The molecule has 4 nitrogen and oxygen atoms in total. The number of H-pyrrole nitrogens is 1. The molecule has 1 N–H and O–H groups in total. The predicted octanol–water partition coefficient (Wildman–Crippen LogP) is 4.40. The molecule has 0 aliphatic carbocycles. The first-order valence-corrected chi connectivity index (χ1v) is 7.77. The van der Waals surface area contributed by atoms with Crippen molar-refractivity contribution in [2.24, 2.45) is 0 Å². The van der Waals surface area contributed by atoms with E-state index in [1.165, 1.54) is 22.8 Å². The predicted molar refractivity (Wildman–Crippen MR) is 92.1 cm³/mol. The van der Waals surface area contributed by atoms with Gasteiger partial charge in [-0.05, 0) is 35.9 Å². The second kappa shape index (κ2) is 5.87. The number of pyridine rings is 2. The van der Waals surface area contributed by atoms with E-state index in [9.17, 15) is 18.0 Å². The van der Waals surface area contributed by atoms with Crippen molar-refractivity contribution in [1.82, 2.24) is 14.5 Å². The number of rotatable bonds is 2. The third kappa shape index (κ3) is 2.67. The quantitative estimate of drug-likeness (QED) is 0.579. The van der Waals surface area contributed by atoms with Crippen LogP contribution in [-0.4, -0.2) is 14.5 Å². The monoisotopic (exact) mass is 355 g/mol. The molecule has 0 bridgehead atoms. The molecule has 4 aromatic rings. The van der Waals surface area contributed by atoms with Crippen molar-refractivity contribution in [3.8, 4) is 16.9 Å². The van der Waals surface area contributed by atoms with E-state index in [2.05, 4.69) is 9.97 Å². The molecule has 0 spiro atoms. The molecule has 0 radical (unpaired) electrons. The van der Waals surface area contributed by atoms with Crippen LogP contribution in [0.3, 0.4) is 0 Å². The highest BCUT2D eigenvalue weighted by Crippen LogP contribution is 2.33. The Bertz CT molecular complexity index is 1160. The van der Waals surface area contributed by atoms with Crippen molar-refractivity contribution in [2.75, 3.05) is 0 Å². The van der Waals surface area contributed by atoms with E-state index < -0.39 is 11.7 Å². The van der Waals surface area contributed by atoms with Crippen molar-refractivity contribution in [1.29, 1.82) is 0 Å². The summed E-state index contributed by atoms with van der Waals surface area (Å²) in [5.74, 6) is 0. The molecule has 130 valence electrons. The molecule has 0 saturated carbocycles. The van der Waals surface area contributed by atoms with E-state index in [1.54, 1.807) is 36.7 Å². The van der Waals surface area contributed by atoms with Gasteiger partial charge in [0.05, 0.1) is 16.9 Å². The lowest BCUT2D eigenvalue weighted by Gasteiger charge is -2.14. The molecule has 3 heterocycles. The summed E-state index contributed by atoms with van der Waals surface area (Å²) in [5, 5.41) is 0.703. The van der Waals surface area contributed by atoms with Crippen LogP contribution in [0.1, 0.15) is 5.56 Å². The van der Waals surface area contributed by atoms with Crippen LogP contribution in [-0.2, 0) is 6.18 Å². The van der Waals surface area contributed by atoms with Gasteiger partial charge in [0.1, 0.15) is 5.65 Å².